The van der Waals surface area contributed by atoms with E-state index in [4.69, 9.17) is 15.2 Å². The number of hydrogen-bond acceptors (Lipinski definition) is 6. The third-order valence-electron chi connectivity index (χ3n) is 5.15. The molecule has 1 aliphatic rings. The fourth-order valence-corrected chi connectivity index (χ4v) is 4.32. The fraction of sp³-hybridized carbons (Fsp3) is 0.292. The zero-order chi connectivity index (χ0) is 22.2. The number of hydrogen-bond donors (Lipinski definition) is 1. The largest absolute Gasteiger partial charge is 0.493 e. The van der Waals surface area contributed by atoms with Gasteiger partial charge in [-0.2, -0.15) is 4.36 Å². The van der Waals surface area contributed by atoms with Crippen LogP contribution in [0.1, 0.15) is 29.7 Å². The highest BCUT2D eigenvalue weighted by atomic mass is 32.2. The van der Waals surface area contributed by atoms with Crippen molar-refractivity contribution in [2.75, 3.05) is 24.9 Å². The average Bonchev–Trinajstić information content (AvgIpc) is 2.69. The third-order valence-corrected chi connectivity index (χ3v) is 5.80. The van der Waals surface area contributed by atoms with Crippen molar-refractivity contribution < 1.29 is 13.7 Å². The van der Waals surface area contributed by atoms with Gasteiger partial charge in [0.1, 0.15) is 11.9 Å². The van der Waals surface area contributed by atoms with Crippen molar-refractivity contribution in [3.05, 3.63) is 65.4 Å². The Morgan fingerprint density at radius 3 is 2.71 bits per heavy atom. The molecule has 1 atom stereocenters. The molecule has 0 radical (unpaired) electrons. The average molecular weight is 438 g/mol. The Morgan fingerprint density at radius 1 is 1.13 bits per heavy atom. The first-order valence-electron chi connectivity index (χ1n) is 10.2. The molecule has 0 aliphatic carbocycles. The van der Waals surface area contributed by atoms with Crippen molar-refractivity contribution >= 4 is 21.2 Å². The van der Waals surface area contributed by atoms with Crippen LogP contribution < -0.4 is 15.2 Å². The Hall–Kier alpha value is -3.06. The maximum absolute atomic E-state index is 12.2. The minimum Gasteiger partial charge on any atom is -0.493 e. The van der Waals surface area contributed by atoms with Crippen molar-refractivity contribution in [1.29, 1.82) is 0 Å². The second-order valence-electron chi connectivity index (χ2n) is 8.12. The maximum atomic E-state index is 12.2. The van der Waals surface area contributed by atoms with E-state index in [2.05, 4.69) is 15.4 Å². The molecule has 6 nitrogen and oxygen atoms in total. The molecule has 2 N–H and O–H groups in total. The van der Waals surface area contributed by atoms with Gasteiger partial charge < -0.3 is 15.2 Å². The van der Waals surface area contributed by atoms with Crippen molar-refractivity contribution in [2.24, 2.45) is 4.36 Å². The summed E-state index contributed by atoms with van der Waals surface area (Å²) in [5.41, 5.74) is 11.8. The van der Waals surface area contributed by atoms with E-state index in [1.807, 2.05) is 50.2 Å². The second kappa shape index (κ2) is 8.23. The number of ether oxygens (including phenoxy) is 2. The van der Waals surface area contributed by atoms with Gasteiger partial charge in [-0.1, -0.05) is 17.7 Å². The van der Waals surface area contributed by atoms with Crippen LogP contribution in [0.2, 0.25) is 0 Å². The predicted octanol–water partition coefficient (Wildman–Crippen LogP) is 5.07. The van der Waals surface area contributed by atoms with Gasteiger partial charge in [0, 0.05) is 46.0 Å². The molecular weight excluding hydrogens is 410 g/mol. The van der Waals surface area contributed by atoms with Crippen LogP contribution in [0.5, 0.6) is 11.5 Å². The van der Waals surface area contributed by atoms with Gasteiger partial charge in [-0.25, -0.2) is 9.19 Å². The highest BCUT2D eigenvalue weighted by molar-refractivity contribution is 7.92. The first kappa shape index (κ1) is 21.2. The molecule has 1 aromatic heterocycles. The lowest BCUT2D eigenvalue weighted by Crippen LogP contribution is -2.11. The van der Waals surface area contributed by atoms with Crippen LogP contribution in [-0.4, -0.2) is 28.3 Å². The molecule has 2 heterocycles. The van der Waals surface area contributed by atoms with Gasteiger partial charge in [-0.3, -0.25) is 0 Å². The molecule has 0 unspecified atom stereocenters. The summed E-state index contributed by atoms with van der Waals surface area (Å²) >= 11 is 0. The Kier molecular flexibility index (Phi) is 5.62. The number of nitrogen functional groups attached to an aromatic ring is 1. The number of fused-ring (bicyclic) bond motifs is 5. The number of nitrogens with zero attached hydrogens (tertiary/aromatic N) is 2. The van der Waals surface area contributed by atoms with Gasteiger partial charge in [0.2, 0.25) is 0 Å². The first-order chi connectivity index (χ1) is 14.7. The molecule has 3 aromatic rings. The summed E-state index contributed by atoms with van der Waals surface area (Å²) in [6, 6.07) is 13.8. The molecular formula is C24H27N3O3S. The summed E-state index contributed by atoms with van der Waals surface area (Å²) < 4.78 is 28.9. The van der Waals surface area contributed by atoms with Crippen LogP contribution in [0.25, 0.3) is 11.1 Å². The van der Waals surface area contributed by atoms with Crippen molar-refractivity contribution in [3.8, 4) is 22.6 Å². The summed E-state index contributed by atoms with van der Waals surface area (Å²) in [5.74, 6) is 1.64. The van der Waals surface area contributed by atoms with E-state index < -0.39 is 9.73 Å². The molecule has 31 heavy (non-hydrogen) atoms. The van der Waals surface area contributed by atoms with Crippen molar-refractivity contribution in [2.45, 2.75) is 26.4 Å². The normalized spacial score (nSPS) is 15.9. The Balaban J connectivity index is 1.86. The standard InChI is InChI=1S/C24H27N3O3S/c1-15-5-8-22-20(11-15)16(2)30-23-12-18(14-26-24(23)25)21-13-19(27-31(3,4)28)7-6-17(21)9-10-29-22/h5-8,11-14,16H,9-10H2,1-4H3,(H2,25,26)/t16-/m1/s1. The number of benzene rings is 2. The molecule has 0 saturated carbocycles. The second-order valence-corrected chi connectivity index (χ2v) is 10.7. The van der Waals surface area contributed by atoms with Crippen LogP contribution in [-0.2, 0) is 16.1 Å². The number of anilines is 1. The lowest BCUT2D eigenvalue weighted by molar-refractivity contribution is 0.217. The van der Waals surface area contributed by atoms with E-state index >= 15 is 0 Å². The third kappa shape index (κ3) is 4.82. The lowest BCUT2D eigenvalue weighted by atomic mass is 9.98. The zero-order valence-electron chi connectivity index (χ0n) is 18.2. The minimum absolute atomic E-state index is 0.264. The molecule has 7 heteroatoms. The van der Waals surface area contributed by atoms with Crippen LogP contribution >= 0.6 is 0 Å². The Bertz CT molecular complexity index is 1250. The van der Waals surface area contributed by atoms with E-state index in [0.717, 1.165) is 33.6 Å². The number of pyridine rings is 1. The van der Waals surface area contributed by atoms with Gasteiger partial charge in [0.15, 0.2) is 11.6 Å². The van der Waals surface area contributed by atoms with Gasteiger partial charge in [-0.15, -0.1) is 0 Å². The summed E-state index contributed by atoms with van der Waals surface area (Å²) in [6.45, 7) is 4.53. The van der Waals surface area contributed by atoms with E-state index in [0.29, 0.717) is 30.3 Å². The monoisotopic (exact) mass is 437 g/mol. The van der Waals surface area contributed by atoms with Gasteiger partial charge in [0.25, 0.3) is 0 Å². The quantitative estimate of drug-likeness (QED) is 0.574. The van der Waals surface area contributed by atoms with Crippen LogP contribution in [0.3, 0.4) is 0 Å². The number of nitrogens with two attached hydrogens (primary N) is 1. The first-order valence-corrected chi connectivity index (χ1v) is 12.5. The minimum atomic E-state index is -2.27. The SMILES string of the molecule is Cc1ccc2c(c1)[C@@H](C)Oc1cc(cnc1N)-c1cc(N=S(C)(C)=O)ccc1CCO2. The van der Waals surface area contributed by atoms with Crippen LogP contribution in [0.15, 0.2) is 53.0 Å². The zero-order valence-corrected chi connectivity index (χ0v) is 19.0. The highest BCUT2D eigenvalue weighted by Gasteiger charge is 2.19. The molecule has 4 rings (SSSR count). The molecule has 0 saturated heterocycles. The van der Waals surface area contributed by atoms with Crippen LogP contribution in [0.4, 0.5) is 11.5 Å². The molecule has 0 spiro atoms. The van der Waals surface area contributed by atoms with Gasteiger partial charge in [0.05, 0.1) is 12.3 Å². The fourth-order valence-electron chi connectivity index (χ4n) is 3.70. The summed E-state index contributed by atoms with van der Waals surface area (Å²) in [4.78, 5) is 4.37. The van der Waals surface area contributed by atoms with Crippen LogP contribution in [0, 0.1) is 6.92 Å². The van der Waals surface area contributed by atoms with Crippen molar-refractivity contribution in [1.82, 2.24) is 4.98 Å². The molecule has 0 amide bonds. The van der Waals surface area contributed by atoms with E-state index in [1.165, 1.54) is 0 Å². The number of aryl methyl sites for hydroxylation is 1. The highest BCUT2D eigenvalue weighted by Crippen LogP contribution is 2.37. The van der Waals surface area contributed by atoms with Gasteiger partial charge in [-0.05, 0) is 55.3 Å². The molecule has 2 bridgehead atoms. The van der Waals surface area contributed by atoms with Crippen molar-refractivity contribution in [3.63, 3.8) is 0 Å². The topological polar surface area (TPSA) is 86.8 Å². The van der Waals surface area contributed by atoms with E-state index in [-0.39, 0.29) is 6.10 Å². The smallest absolute Gasteiger partial charge is 0.166 e. The Labute approximate surface area is 183 Å². The van der Waals surface area contributed by atoms with E-state index in [1.54, 1.807) is 18.7 Å². The van der Waals surface area contributed by atoms with E-state index in [9.17, 15) is 4.21 Å². The number of aromatic nitrogens is 1. The molecule has 2 aromatic carbocycles. The maximum Gasteiger partial charge on any atom is 0.166 e. The predicted molar refractivity (Wildman–Crippen MR) is 126 cm³/mol. The van der Waals surface area contributed by atoms with Gasteiger partial charge >= 0.3 is 0 Å². The summed E-state index contributed by atoms with van der Waals surface area (Å²) in [5, 5.41) is 0. The summed E-state index contributed by atoms with van der Waals surface area (Å²) in [7, 11) is -2.27. The number of rotatable bonds is 1. The lowest BCUT2D eigenvalue weighted by Gasteiger charge is -2.22. The summed E-state index contributed by atoms with van der Waals surface area (Å²) in [6.07, 6.45) is 5.41. The molecule has 162 valence electrons. The molecule has 0 fully saturated rings. The Morgan fingerprint density at radius 2 is 1.94 bits per heavy atom. The molecule has 1 aliphatic heterocycles.